The molecule has 0 bridgehead atoms. The Hall–Kier alpha value is -2.97. The molecule has 0 saturated carbocycles. The van der Waals surface area contributed by atoms with Crippen LogP contribution in [0.1, 0.15) is 29.2 Å². The fraction of sp³-hybridized carbons (Fsp3) is 0.500. The minimum Gasteiger partial charge on any atom is -0.493 e. The molecule has 0 spiro atoms. The van der Waals surface area contributed by atoms with Gasteiger partial charge in [-0.15, -0.1) is 0 Å². The van der Waals surface area contributed by atoms with E-state index in [9.17, 15) is 9.90 Å². The number of hydrogen-bond acceptors (Lipinski definition) is 7. The molecule has 2 aromatic rings. The lowest BCUT2D eigenvalue weighted by molar-refractivity contribution is -0.140. The number of fused-ring (bicyclic) bond motifs is 1. The quantitative estimate of drug-likeness (QED) is 0.539. The van der Waals surface area contributed by atoms with Gasteiger partial charge in [-0.25, -0.2) is 0 Å². The van der Waals surface area contributed by atoms with Crippen LogP contribution in [-0.4, -0.2) is 82.5 Å². The third kappa shape index (κ3) is 5.93. The highest BCUT2D eigenvalue weighted by atomic mass is 16.5. The number of hydrogen-bond donors (Lipinski definition) is 1. The second-order valence-corrected chi connectivity index (χ2v) is 8.48. The maximum Gasteiger partial charge on any atom is 0.256 e. The first kappa shape index (κ1) is 25.6. The van der Waals surface area contributed by atoms with Gasteiger partial charge in [0.1, 0.15) is 0 Å². The van der Waals surface area contributed by atoms with Gasteiger partial charge in [0.2, 0.25) is 0 Å². The average molecular weight is 473 g/mol. The van der Waals surface area contributed by atoms with Crippen molar-refractivity contribution in [2.24, 2.45) is 0 Å². The molecule has 1 unspecified atom stereocenters. The van der Waals surface area contributed by atoms with Gasteiger partial charge in [0.15, 0.2) is 29.1 Å². The second kappa shape index (κ2) is 11.9. The molecule has 2 aromatic carbocycles. The predicted octanol–water partition coefficient (Wildman–Crippen LogP) is 2.70. The van der Waals surface area contributed by atoms with Crippen molar-refractivity contribution < 1.29 is 28.8 Å². The Bertz CT molecular complexity index is 980. The molecule has 1 N–H and O–H groups in total. The zero-order valence-electron chi connectivity index (χ0n) is 20.8. The Morgan fingerprint density at radius 2 is 1.59 bits per heavy atom. The smallest absolute Gasteiger partial charge is 0.256 e. The molecular formula is C26H36N2O6. The summed E-state index contributed by atoms with van der Waals surface area (Å²) >= 11 is 0. The van der Waals surface area contributed by atoms with Crippen LogP contribution in [0.3, 0.4) is 0 Å². The number of ether oxygens (including phenoxy) is 4. The van der Waals surface area contributed by atoms with Crippen molar-refractivity contribution in [3.63, 3.8) is 0 Å². The van der Waals surface area contributed by atoms with Gasteiger partial charge in [-0.1, -0.05) is 6.07 Å². The molecule has 0 radical (unpaired) electrons. The van der Waals surface area contributed by atoms with Gasteiger partial charge in [-0.3, -0.25) is 4.79 Å². The van der Waals surface area contributed by atoms with Crippen LogP contribution in [0.25, 0.3) is 0 Å². The number of rotatable bonds is 11. The topological polar surface area (TPSA) is 80.7 Å². The minimum atomic E-state index is -1.19. The number of nitrogens with zero attached hydrogens (tertiary/aromatic N) is 2. The van der Waals surface area contributed by atoms with Gasteiger partial charge in [-0.05, 0) is 73.8 Å². The predicted molar refractivity (Wildman–Crippen MR) is 130 cm³/mol. The van der Waals surface area contributed by atoms with Crippen molar-refractivity contribution in [1.29, 1.82) is 0 Å². The van der Waals surface area contributed by atoms with Crippen molar-refractivity contribution in [1.82, 2.24) is 9.80 Å². The third-order valence-electron chi connectivity index (χ3n) is 6.33. The van der Waals surface area contributed by atoms with Gasteiger partial charge in [0.25, 0.3) is 5.91 Å². The molecule has 0 saturated heterocycles. The summed E-state index contributed by atoms with van der Waals surface area (Å²) in [5.74, 6) is 2.31. The van der Waals surface area contributed by atoms with Crippen LogP contribution < -0.4 is 18.9 Å². The van der Waals surface area contributed by atoms with E-state index < -0.39 is 6.10 Å². The van der Waals surface area contributed by atoms with Crippen LogP contribution in [-0.2, 0) is 17.6 Å². The van der Waals surface area contributed by atoms with E-state index in [-0.39, 0.29) is 5.91 Å². The maximum atomic E-state index is 12.9. The molecule has 0 aliphatic carbocycles. The molecular weight excluding hydrogens is 436 g/mol. The third-order valence-corrected chi connectivity index (χ3v) is 6.33. The highest BCUT2D eigenvalue weighted by Crippen LogP contribution is 2.35. The van der Waals surface area contributed by atoms with E-state index in [0.29, 0.717) is 36.6 Å². The lowest BCUT2D eigenvalue weighted by Gasteiger charge is -2.24. The first-order valence-electron chi connectivity index (χ1n) is 11.5. The van der Waals surface area contributed by atoms with Crippen molar-refractivity contribution in [3.8, 4) is 23.0 Å². The Labute approximate surface area is 202 Å². The zero-order valence-corrected chi connectivity index (χ0v) is 20.8. The van der Waals surface area contributed by atoms with E-state index >= 15 is 0 Å². The van der Waals surface area contributed by atoms with Crippen molar-refractivity contribution >= 4 is 5.91 Å². The first-order chi connectivity index (χ1) is 16.4. The molecule has 8 nitrogen and oxygen atoms in total. The van der Waals surface area contributed by atoms with Gasteiger partial charge in [0.05, 0.1) is 28.4 Å². The molecule has 34 heavy (non-hydrogen) atoms. The van der Waals surface area contributed by atoms with E-state index in [1.165, 1.54) is 5.56 Å². The number of benzene rings is 2. The molecule has 3 rings (SSSR count). The molecule has 1 aliphatic rings. The summed E-state index contributed by atoms with van der Waals surface area (Å²) in [4.78, 5) is 16.9. The Balaban J connectivity index is 1.52. The van der Waals surface area contributed by atoms with Gasteiger partial charge in [0, 0.05) is 19.6 Å². The molecule has 0 aromatic heterocycles. The molecule has 0 fully saturated rings. The summed E-state index contributed by atoms with van der Waals surface area (Å²) in [6, 6.07) is 9.55. The number of amides is 1. The average Bonchev–Trinajstić information content (AvgIpc) is 2.98. The number of likely N-dealkylation sites (N-methyl/N-ethyl adjacent to an activating group) is 1. The van der Waals surface area contributed by atoms with Crippen molar-refractivity contribution in [2.75, 3.05) is 61.7 Å². The molecule has 186 valence electrons. The monoisotopic (exact) mass is 472 g/mol. The Kier molecular flexibility index (Phi) is 9.01. The van der Waals surface area contributed by atoms with E-state index in [4.69, 9.17) is 18.9 Å². The summed E-state index contributed by atoms with van der Waals surface area (Å²) in [6.07, 6.45) is 1.18. The van der Waals surface area contributed by atoms with Crippen LogP contribution in [0, 0.1) is 0 Å². The Morgan fingerprint density at radius 1 is 0.941 bits per heavy atom. The first-order valence-corrected chi connectivity index (χ1v) is 11.5. The van der Waals surface area contributed by atoms with E-state index in [0.717, 1.165) is 43.0 Å². The van der Waals surface area contributed by atoms with Crippen molar-refractivity contribution in [3.05, 3.63) is 47.0 Å². The lowest BCUT2D eigenvalue weighted by atomic mass is 10.00. The second-order valence-electron chi connectivity index (χ2n) is 8.48. The largest absolute Gasteiger partial charge is 0.493 e. The van der Waals surface area contributed by atoms with Crippen LogP contribution in [0.4, 0.5) is 0 Å². The molecule has 1 aliphatic heterocycles. The van der Waals surface area contributed by atoms with Crippen LogP contribution >= 0.6 is 0 Å². The molecule has 1 amide bonds. The standard InChI is InChI=1S/C26H36N2O6/c1-27(13-9-18-7-8-21(31-2)22(15-18)32-3)11-6-12-28-14-10-19-16-23(33-4)24(34-5)17-20(19)25(29)26(28)30/h7-8,15-17,25,29H,6,9-14H2,1-5H3. The van der Waals surface area contributed by atoms with Crippen LogP contribution in [0.5, 0.6) is 23.0 Å². The SMILES string of the molecule is COc1ccc(CCN(C)CCCN2CCc3cc(OC)c(OC)cc3C(O)C2=O)cc1OC. The van der Waals surface area contributed by atoms with Gasteiger partial charge < -0.3 is 33.9 Å². The summed E-state index contributed by atoms with van der Waals surface area (Å²) in [5, 5.41) is 10.7. The minimum absolute atomic E-state index is 0.265. The van der Waals surface area contributed by atoms with Crippen LogP contribution in [0.2, 0.25) is 0 Å². The summed E-state index contributed by atoms with van der Waals surface area (Å²) in [7, 11) is 8.47. The van der Waals surface area contributed by atoms with Gasteiger partial charge in [-0.2, -0.15) is 0 Å². The molecule has 1 atom stereocenters. The number of carbonyl (C=O) groups excluding carboxylic acids is 1. The van der Waals surface area contributed by atoms with E-state index in [1.807, 2.05) is 24.3 Å². The summed E-state index contributed by atoms with van der Waals surface area (Å²) in [6.45, 7) is 2.89. The van der Waals surface area contributed by atoms with Crippen molar-refractivity contribution in [2.45, 2.75) is 25.4 Å². The fourth-order valence-corrected chi connectivity index (χ4v) is 4.30. The normalized spacial score (nSPS) is 15.7. The summed E-state index contributed by atoms with van der Waals surface area (Å²) < 4.78 is 21.4. The van der Waals surface area contributed by atoms with Crippen LogP contribution in [0.15, 0.2) is 30.3 Å². The van der Waals surface area contributed by atoms with E-state index in [2.05, 4.69) is 11.9 Å². The fourth-order valence-electron chi connectivity index (χ4n) is 4.30. The molecule has 1 heterocycles. The van der Waals surface area contributed by atoms with E-state index in [1.54, 1.807) is 39.4 Å². The number of methoxy groups -OCH3 is 4. The lowest BCUT2D eigenvalue weighted by Crippen LogP contribution is -2.37. The Morgan fingerprint density at radius 3 is 2.26 bits per heavy atom. The van der Waals surface area contributed by atoms with Gasteiger partial charge >= 0.3 is 0 Å². The zero-order chi connectivity index (χ0) is 24.7. The molecule has 8 heteroatoms. The summed E-state index contributed by atoms with van der Waals surface area (Å²) in [5.41, 5.74) is 2.68. The number of aliphatic hydroxyl groups excluding tert-OH is 1. The highest BCUT2D eigenvalue weighted by molar-refractivity contribution is 5.83. The maximum absolute atomic E-state index is 12.9. The highest BCUT2D eigenvalue weighted by Gasteiger charge is 2.30. The number of aliphatic hydroxyl groups is 1. The number of carbonyl (C=O) groups is 1.